The first-order valence-electron chi connectivity index (χ1n) is 5.06. The summed E-state index contributed by atoms with van der Waals surface area (Å²) in [5.74, 6) is 0. The van der Waals surface area contributed by atoms with E-state index < -0.39 is 0 Å². The third-order valence-corrected chi connectivity index (χ3v) is 2.40. The first-order chi connectivity index (χ1) is 7.33. The monoisotopic (exact) mass is 205 g/mol. The lowest BCUT2D eigenvalue weighted by molar-refractivity contribution is 0.278. The van der Waals surface area contributed by atoms with Crippen molar-refractivity contribution in [2.45, 2.75) is 25.9 Å². The van der Waals surface area contributed by atoms with Crippen molar-refractivity contribution in [1.29, 1.82) is 5.26 Å². The maximum absolute atomic E-state index is 9.14. The van der Waals surface area contributed by atoms with Crippen LogP contribution >= 0.6 is 0 Å². The molecule has 0 spiro atoms. The zero-order valence-electron chi connectivity index (χ0n) is 8.61. The number of aliphatic hydroxyl groups excluding tert-OH is 2. The normalized spacial score (nSPS) is 9.93. The van der Waals surface area contributed by atoms with Crippen molar-refractivity contribution in [3.05, 3.63) is 34.9 Å². The van der Waals surface area contributed by atoms with E-state index in [-0.39, 0.29) is 13.2 Å². The van der Waals surface area contributed by atoms with Crippen LogP contribution in [0.3, 0.4) is 0 Å². The zero-order valence-corrected chi connectivity index (χ0v) is 8.61. The fraction of sp³-hybridized carbons (Fsp3) is 0.417. The molecule has 3 heteroatoms. The van der Waals surface area contributed by atoms with Crippen LogP contribution < -0.4 is 0 Å². The third kappa shape index (κ3) is 3.05. The Morgan fingerprint density at radius 1 is 1.20 bits per heavy atom. The number of unbranched alkanes of at least 4 members (excludes halogenated alkanes) is 1. The first-order valence-corrected chi connectivity index (χ1v) is 5.06. The highest BCUT2D eigenvalue weighted by molar-refractivity contribution is 5.42. The molecular weight excluding hydrogens is 190 g/mol. The number of benzene rings is 1. The second-order valence-corrected chi connectivity index (χ2v) is 3.39. The van der Waals surface area contributed by atoms with Crippen LogP contribution in [0.1, 0.15) is 29.5 Å². The quantitative estimate of drug-likeness (QED) is 0.713. The fourth-order valence-electron chi connectivity index (χ4n) is 1.60. The molecule has 0 heterocycles. The SMILES string of the molecule is N#Cc1cccc(CO)c1CCCCO. The minimum atomic E-state index is -0.0377. The molecule has 0 aliphatic rings. The van der Waals surface area contributed by atoms with Crippen LogP contribution in [0.15, 0.2) is 18.2 Å². The van der Waals surface area contributed by atoms with Gasteiger partial charge in [0.05, 0.1) is 18.2 Å². The summed E-state index contributed by atoms with van der Waals surface area (Å²) in [4.78, 5) is 0. The van der Waals surface area contributed by atoms with Crippen molar-refractivity contribution in [1.82, 2.24) is 0 Å². The number of hydrogen-bond acceptors (Lipinski definition) is 3. The molecule has 0 atom stereocenters. The van der Waals surface area contributed by atoms with Gasteiger partial charge in [-0.25, -0.2) is 0 Å². The van der Waals surface area contributed by atoms with Crippen LogP contribution in [0.4, 0.5) is 0 Å². The molecule has 0 aromatic heterocycles. The highest BCUT2D eigenvalue weighted by Gasteiger charge is 2.06. The molecule has 0 saturated heterocycles. The van der Waals surface area contributed by atoms with Gasteiger partial charge in [0, 0.05) is 6.61 Å². The van der Waals surface area contributed by atoms with E-state index in [2.05, 4.69) is 6.07 Å². The predicted octanol–water partition coefficient (Wildman–Crippen LogP) is 1.37. The Morgan fingerprint density at radius 3 is 2.60 bits per heavy atom. The maximum Gasteiger partial charge on any atom is 0.0994 e. The number of nitrogens with zero attached hydrogens (tertiary/aromatic N) is 1. The van der Waals surface area contributed by atoms with E-state index in [1.165, 1.54) is 0 Å². The van der Waals surface area contributed by atoms with Gasteiger partial charge in [-0.1, -0.05) is 12.1 Å². The highest BCUT2D eigenvalue weighted by Crippen LogP contribution is 2.17. The van der Waals surface area contributed by atoms with Crippen molar-refractivity contribution in [3.8, 4) is 6.07 Å². The second kappa shape index (κ2) is 6.18. The van der Waals surface area contributed by atoms with Gasteiger partial charge in [0.25, 0.3) is 0 Å². The summed E-state index contributed by atoms with van der Waals surface area (Å²) in [6, 6.07) is 7.49. The molecule has 0 bridgehead atoms. The molecule has 2 N–H and O–H groups in total. The zero-order chi connectivity index (χ0) is 11.1. The average Bonchev–Trinajstić information content (AvgIpc) is 2.29. The average molecular weight is 205 g/mol. The first kappa shape index (κ1) is 11.7. The van der Waals surface area contributed by atoms with Gasteiger partial charge < -0.3 is 10.2 Å². The van der Waals surface area contributed by atoms with Crippen LogP contribution in [0.5, 0.6) is 0 Å². The molecule has 0 aliphatic heterocycles. The third-order valence-electron chi connectivity index (χ3n) is 2.40. The minimum absolute atomic E-state index is 0.0377. The van der Waals surface area contributed by atoms with Crippen molar-refractivity contribution in [2.24, 2.45) is 0 Å². The van der Waals surface area contributed by atoms with E-state index in [9.17, 15) is 0 Å². The molecule has 3 nitrogen and oxygen atoms in total. The lowest BCUT2D eigenvalue weighted by atomic mass is 9.97. The van der Waals surface area contributed by atoms with Gasteiger partial charge in [0.2, 0.25) is 0 Å². The maximum atomic E-state index is 9.14. The Balaban J connectivity index is 2.86. The van der Waals surface area contributed by atoms with E-state index >= 15 is 0 Å². The number of aliphatic hydroxyl groups is 2. The standard InChI is InChI=1S/C12H15NO2/c13-8-10-4-3-5-11(9-15)12(10)6-1-2-7-14/h3-5,14-15H,1-2,6-7,9H2. The summed E-state index contributed by atoms with van der Waals surface area (Å²) < 4.78 is 0. The number of rotatable bonds is 5. The molecule has 0 unspecified atom stereocenters. The van der Waals surface area contributed by atoms with E-state index in [0.29, 0.717) is 5.56 Å². The van der Waals surface area contributed by atoms with Gasteiger partial charge in [-0.15, -0.1) is 0 Å². The van der Waals surface area contributed by atoms with Gasteiger partial charge in [-0.2, -0.15) is 5.26 Å². The molecule has 0 fully saturated rings. The fourth-order valence-corrected chi connectivity index (χ4v) is 1.60. The smallest absolute Gasteiger partial charge is 0.0994 e. The summed E-state index contributed by atoms with van der Waals surface area (Å²) in [6.07, 6.45) is 2.30. The van der Waals surface area contributed by atoms with Gasteiger partial charge in [-0.3, -0.25) is 0 Å². The number of hydrogen-bond donors (Lipinski definition) is 2. The Morgan fingerprint density at radius 2 is 2.00 bits per heavy atom. The van der Waals surface area contributed by atoms with Crippen LogP contribution in [0.25, 0.3) is 0 Å². The van der Waals surface area contributed by atoms with Crippen LogP contribution in [0, 0.1) is 11.3 Å². The Bertz CT molecular complexity index is 355. The van der Waals surface area contributed by atoms with E-state index in [1.807, 2.05) is 6.07 Å². The van der Waals surface area contributed by atoms with Crippen molar-refractivity contribution < 1.29 is 10.2 Å². The summed E-state index contributed by atoms with van der Waals surface area (Å²) in [5, 5.41) is 26.7. The van der Waals surface area contributed by atoms with Crippen molar-refractivity contribution in [2.75, 3.05) is 6.61 Å². The topological polar surface area (TPSA) is 64.2 Å². The largest absolute Gasteiger partial charge is 0.396 e. The molecule has 0 aliphatic carbocycles. The van der Waals surface area contributed by atoms with Gasteiger partial charge in [-0.05, 0) is 36.5 Å². The predicted molar refractivity (Wildman–Crippen MR) is 57.1 cm³/mol. The molecule has 1 aromatic carbocycles. The van der Waals surface area contributed by atoms with E-state index in [4.69, 9.17) is 15.5 Å². The Hall–Kier alpha value is -1.37. The Labute approximate surface area is 89.6 Å². The summed E-state index contributed by atoms with van der Waals surface area (Å²) in [6.45, 7) is 0.132. The lowest BCUT2D eigenvalue weighted by Crippen LogP contribution is -1.99. The van der Waals surface area contributed by atoms with Crippen LogP contribution in [-0.2, 0) is 13.0 Å². The lowest BCUT2D eigenvalue weighted by Gasteiger charge is -2.08. The van der Waals surface area contributed by atoms with E-state index in [0.717, 1.165) is 30.4 Å². The van der Waals surface area contributed by atoms with E-state index in [1.54, 1.807) is 12.1 Å². The molecule has 0 saturated carbocycles. The molecule has 80 valence electrons. The summed E-state index contributed by atoms with van der Waals surface area (Å²) in [5.41, 5.74) is 2.35. The van der Waals surface area contributed by atoms with Crippen LogP contribution in [0.2, 0.25) is 0 Å². The van der Waals surface area contributed by atoms with Crippen molar-refractivity contribution >= 4 is 0 Å². The second-order valence-electron chi connectivity index (χ2n) is 3.39. The van der Waals surface area contributed by atoms with Gasteiger partial charge in [0.1, 0.15) is 0 Å². The molecule has 15 heavy (non-hydrogen) atoms. The summed E-state index contributed by atoms with van der Waals surface area (Å²) in [7, 11) is 0. The van der Waals surface area contributed by atoms with Crippen molar-refractivity contribution in [3.63, 3.8) is 0 Å². The van der Waals surface area contributed by atoms with Gasteiger partial charge in [0.15, 0.2) is 0 Å². The number of nitriles is 1. The molecule has 1 rings (SSSR count). The van der Waals surface area contributed by atoms with Gasteiger partial charge >= 0.3 is 0 Å². The Kier molecular flexibility index (Phi) is 4.82. The molecular formula is C12H15NO2. The minimum Gasteiger partial charge on any atom is -0.396 e. The van der Waals surface area contributed by atoms with Crippen LogP contribution in [-0.4, -0.2) is 16.8 Å². The molecule has 0 amide bonds. The summed E-state index contributed by atoms with van der Waals surface area (Å²) >= 11 is 0. The highest BCUT2D eigenvalue weighted by atomic mass is 16.3. The molecule has 1 aromatic rings. The molecule has 0 radical (unpaired) electrons.